The SMILES string of the molecule is O=C(Nc1ccc(Cl)c(C(F)(F)F)c1)N[C@@H]1C[C@@H](c2nc3ccccc3[nH]2)N(C(=O)O)C1. The normalized spacial score (nSPS) is 18.7. The second-order valence-corrected chi connectivity index (χ2v) is 7.72. The Morgan fingerprint density at radius 1 is 1.22 bits per heavy atom. The molecule has 168 valence electrons. The molecule has 2 heterocycles. The standard InChI is InChI=1S/C20H17ClF3N5O3/c21-13-6-5-10(7-12(13)20(22,23)24)25-18(30)26-11-8-16(29(9-11)19(31)32)17-27-14-3-1-2-4-15(14)28-17/h1-7,11,16H,8-9H2,(H,27,28)(H,31,32)(H2,25,26,30)/t11-,16+/m1/s1. The van der Waals surface area contributed by atoms with E-state index in [4.69, 9.17) is 11.6 Å². The molecule has 12 heteroatoms. The van der Waals surface area contributed by atoms with Gasteiger partial charge in [-0.05, 0) is 36.8 Å². The average Bonchev–Trinajstić information content (AvgIpc) is 3.32. The first-order chi connectivity index (χ1) is 15.1. The van der Waals surface area contributed by atoms with E-state index in [0.717, 1.165) is 22.5 Å². The summed E-state index contributed by atoms with van der Waals surface area (Å²) in [6.45, 7) is -0.00111. The minimum atomic E-state index is -4.67. The third-order valence-electron chi connectivity index (χ3n) is 5.13. The van der Waals surface area contributed by atoms with E-state index in [1.165, 1.54) is 6.07 Å². The van der Waals surface area contributed by atoms with E-state index in [1.54, 1.807) is 6.07 Å². The number of carbonyl (C=O) groups excluding carboxylic acids is 1. The molecular formula is C20H17ClF3N5O3. The number of imidazole rings is 1. The summed E-state index contributed by atoms with van der Waals surface area (Å²) in [5.41, 5.74) is 0.274. The molecule has 2 aromatic carbocycles. The van der Waals surface area contributed by atoms with Crippen molar-refractivity contribution in [3.8, 4) is 0 Å². The van der Waals surface area contributed by atoms with Crippen LogP contribution in [0.1, 0.15) is 23.9 Å². The number of H-pyrrole nitrogens is 1. The van der Waals surface area contributed by atoms with Gasteiger partial charge < -0.3 is 20.7 Å². The lowest BCUT2D eigenvalue weighted by molar-refractivity contribution is -0.137. The summed E-state index contributed by atoms with van der Waals surface area (Å²) in [7, 11) is 0. The summed E-state index contributed by atoms with van der Waals surface area (Å²) >= 11 is 5.59. The van der Waals surface area contributed by atoms with E-state index >= 15 is 0 Å². The number of nitrogens with one attached hydrogen (secondary N) is 3. The fourth-order valence-electron chi connectivity index (χ4n) is 3.71. The number of para-hydroxylation sites is 2. The van der Waals surface area contributed by atoms with Gasteiger partial charge in [0.25, 0.3) is 0 Å². The van der Waals surface area contributed by atoms with Crippen molar-refractivity contribution in [2.24, 2.45) is 0 Å². The monoisotopic (exact) mass is 467 g/mol. The Kier molecular flexibility index (Phi) is 5.59. The quantitative estimate of drug-likeness (QED) is 0.441. The lowest BCUT2D eigenvalue weighted by atomic mass is 10.1. The van der Waals surface area contributed by atoms with Crippen LogP contribution in [0.25, 0.3) is 11.0 Å². The number of alkyl halides is 3. The molecule has 8 nitrogen and oxygen atoms in total. The van der Waals surface area contributed by atoms with Crippen LogP contribution in [0, 0.1) is 0 Å². The van der Waals surface area contributed by atoms with E-state index in [2.05, 4.69) is 20.6 Å². The number of hydrogen-bond donors (Lipinski definition) is 4. The van der Waals surface area contributed by atoms with Crippen LogP contribution < -0.4 is 10.6 Å². The zero-order valence-corrected chi connectivity index (χ0v) is 17.0. The number of rotatable bonds is 3. The lowest BCUT2D eigenvalue weighted by Gasteiger charge is -2.18. The number of nitrogens with zero attached hydrogens (tertiary/aromatic N) is 2. The second kappa shape index (κ2) is 8.23. The molecule has 32 heavy (non-hydrogen) atoms. The first-order valence-electron chi connectivity index (χ1n) is 9.50. The van der Waals surface area contributed by atoms with Gasteiger partial charge in [0, 0.05) is 12.2 Å². The van der Waals surface area contributed by atoms with Gasteiger partial charge in [-0.1, -0.05) is 23.7 Å². The molecule has 2 atom stereocenters. The number of carboxylic acid groups (broad SMARTS) is 1. The van der Waals surface area contributed by atoms with Crippen LogP contribution in [0.4, 0.5) is 28.4 Å². The van der Waals surface area contributed by atoms with Gasteiger partial charge >= 0.3 is 18.3 Å². The Bertz CT molecular complexity index is 1150. The van der Waals surface area contributed by atoms with Gasteiger partial charge in [0.05, 0.1) is 33.7 Å². The van der Waals surface area contributed by atoms with Crippen LogP contribution in [-0.4, -0.2) is 44.7 Å². The molecule has 0 aliphatic carbocycles. The Morgan fingerprint density at radius 3 is 2.66 bits per heavy atom. The zero-order valence-electron chi connectivity index (χ0n) is 16.3. The molecule has 1 aromatic heterocycles. The maximum Gasteiger partial charge on any atom is 0.417 e. The molecule has 3 amide bonds. The summed E-state index contributed by atoms with van der Waals surface area (Å²) < 4.78 is 39.0. The highest BCUT2D eigenvalue weighted by Gasteiger charge is 2.39. The molecule has 3 aromatic rings. The number of likely N-dealkylation sites (tertiary alicyclic amines) is 1. The van der Waals surface area contributed by atoms with Gasteiger partial charge in [-0.3, -0.25) is 4.90 Å². The molecule has 0 unspecified atom stereocenters. The molecular weight excluding hydrogens is 451 g/mol. The lowest BCUT2D eigenvalue weighted by Crippen LogP contribution is -2.40. The van der Waals surface area contributed by atoms with E-state index < -0.39 is 41.0 Å². The molecule has 4 rings (SSSR count). The van der Waals surface area contributed by atoms with Crippen LogP contribution in [0.15, 0.2) is 42.5 Å². The predicted octanol–water partition coefficient (Wildman–Crippen LogP) is 4.85. The summed E-state index contributed by atoms with van der Waals surface area (Å²) in [5.74, 6) is 0.450. The Labute approximate surface area is 184 Å². The third kappa shape index (κ3) is 4.42. The maximum absolute atomic E-state index is 13.0. The molecule has 1 saturated heterocycles. The molecule has 0 radical (unpaired) electrons. The molecule has 0 saturated carbocycles. The molecule has 1 fully saturated rings. The number of halogens is 4. The zero-order chi connectivity index (χ0) is 23.0. The van der Waals surface area contributed by atoms with Gasteiger partial charge in [-0.2, -0.15) is 13.2 Å². The van der Waals surface area contributed by atoms with Crippen molar-refractivity contribution in [2.75, 3.05) is 11.9 Å². The second-order valence-electron chi connectivity index (χ2n) is 7.31. The summed E-state index contributed by atoms with van der Waals surface area (Å²) in [4.78, 5) is 32.8. The summed E-state index contributed by atoms with van der Waals surface area (Å²) in [6, 6.07) is 8.31. The maximum atomic E-state index is 13.0. The van der Waals surface area contributed by atoms with Crippen molar-refractivity contribution in [3.63, 3.8) is 0 Å². The molecule has 4 N–H and O–H groups in total. The summed E-state index contributed by atoms with van der Waals surface area (Å²) in [6.07, 6.45) is -5.60. The number of aromatic amines is 1. The molecule has 0 bridgehead atoms. The predicted molar refractivity (Wildman–Crippen MR) is 111 cm³/mol. The number of aromatic nitrogens is 2. The fraction of sp³-hybridized carbons (Fsp3) is 0.250. The van der Waals surface area contributed by atoms with Crippen molar-refractivity contribution in [3.05, 3.63) is 58.9 Å². The van der Waals surface area contributed by atoms with E-state index in [9.17, 15) is 27.9 Å². The number of anilines is 1. The van der Waals surface area contributed by atoms with E-state index in [0.29, 0.717) is 11.3 Å². The van der Waals surface area contributed by atoms with Crippen LogP contribution in [-0.2, 0) is 6.18 Å². The molecule has 1 aliphatic heterocycles. The fourth-order valence-corrected chi connectivity index (χ4v) is 3.94. The largest absolute Gasteiger partial charge is 0.465 e. The Morgan fingerprint density at radius 2 is 1.97 bits per heavy atom. The minimum Gasteiger partial charge on any atom is -0.465 e. The summed E-state index contributed by atoms with van der Waals surface area (Å²) in [5, 5.41) is 14.0. The first-order valence-corrected chi connectivity index (χ1v) is 9.88. The third-order valence-corrected chi connectivity index (χ3v) is 5.46. The van der Waals surface area contributed by atoms with Crippen LogP contribution in [0.3, 0.4) is 0 Å². The molecule has 0 spiro atoms. The minimum absolute atomic E-state index is 0.00111. The van der Waals surface area contributed by atoms with E-state index in [1.807, 2.05) is 18.2 Å². The van der Waals surface area contributed by atoms with Gasteiger partial charge in [0.15, 0.2) is 0 Å². The number of hydrogen-bond acceptors (Lipinski definition) is 3. The number of carbonyl (C=O) groups is 2. The average molecular weight is 468 g/mol. The van der Waals surface area contributed by atoms with Gasteiger partial charge in [0.1, 0.15) is 5.82 Å². The number of amides is 3. The van der Waals surface area contributed by atoms with Crippen molar-refractivity contribution >= 4 is 40.4 Å². The van der Waals surface area contributed by atoms with Crippen LogP contribution in [0.5, 0.6) is 0 Å². The van der Waals surface area contributed by atoms with Crippen LogP contribution >= 0.6 is 11.6 Å². The highest BCUT2D eigenvalue weighted by molar-refractivity contribution is 6.31. The van der Waals surface area contributed by atoms with Crippen molar-refractivity contribution in [2.45, 2.75) is 24.7 Å². The van der Waals surface area contributed by atoms with Crippen molar-refractivity contribution in [1.82, 2.24) is 20.2 Å². The van der Waals surface area contributed by atoms with Crippen molar-refractivity contribution < 1.29 is 27.9 Å². The van der Waals surface area contributed by atoms with Crippen molar-refractivity contribution in [1.29, 1.82) is 0 Å². The highest BCUT2D eigenvalue weighted by atomic mass is 35.5. The van der Waals surface area contributed by atoms with Gasteiger partial charge in [-0.25, -0.2) is 14.6 Å². The van der Waals surface area contributed by atoms with Crippen LogP contribution in [0.2, 0.25) is 5.02 Å². The number of benzene rings is 2. The first kappa shape index (κ1) is 21.8. The van der Waals surface area contributed by atoms with E-state index in [-0.39, 0.29) is 18.7 Å². The number of fused-ring (bicyclic) bond motifs is 1. The Hall–Kier alpha value is -3.47. The Balaban J connectivity index is 1.46. The molecule has 1 aliphatic rings. The smallest absolute Gasteiger partial charge is 0.417 e. The van der Waals surface area contributed by atoms with Gasteiger partial charge in [-0.15, -0.1) is 0 Å². The number of urea groups is 1. The topological polar surface area (TPSA) is 110 Å². The highest BCUT2D eigenvalue weighted by Crippen LogP contribution is 2.36. The van der Waals surface area contributed by atoms with Gasteiger partial charge in [0.2, 0.25) is 0 Å².